The highest BCUT2D eigenvalue weighted by Crippen LogP contribution is 2.30. The van der Waals surface area contributed by atoms with E-state index in [2.05, 4.69) is 15.0 Å². The summed E-state index contributed by atoms with van der Waals surface area (Å²) in [7, 11) is 1.62. The Bertz CT molecular complexity index is 858. The van der Waals surface area contributed by atoms with Gasteiger partial charge in [-0.05, 0) is 13.0 Å². The molecule has 0 spiro atoms. The molecule has 0 aromatic carbocycles. The number of hydrogen-bond donors (Lipinski definition) is 1. The Balaban J connectivity index is 2.04. The number of aromatic carboxylic acids is 1. The second kappa shape index (κ2) is 6.90. The fourth-order valence-electron chi connectivity index (χ4n) is 2.46. The summed E-state index contributed by atoms with van der Waals surface area (Å²) in [5, 5.41) is 12.0. The van der Waals surface area contributed by atoms with E-state index in [0.29, 0.717) is 30.2 Å². The molecule has 0 fully saturated rings. The molecule has 3 aromatic heterocycles. The van der Waals surface area contributed by atoms with Gasteiger partial charge in [-0.1, -0.05) is 0 Å². The maximum absolute atomic E-state index is 11.4. The topological polar surface area (TPSA) is 90.1 Å². The van der Waals surface area contributed by atoms with Crippen molar-refractivity contribution in [3.8, 4) is 22.1 Å². The number of hydrogen-bond acceptors (Lipinski definition) is 6. The highest BCUT2D eigenvalue weighted by molar-refractivity contribution is 7.13. The zero-order valence-electron chi connectivity index (χ0n) is 13.3. The van der Waals surface area contributed by atoms with Gasteiger partial charge in [0.2, 0.25) is 0 Å². The molecule has 7 nitrogen and oxygen atoms in total. The Labute approximate surface area is 142 Å². The lowest BCUT2D eigenvalue weighted by Crippen LogP contribution is -2.08. The Hall–Kier alpha value is -2.58. The zero-order valence-corrected chi connectivity index (χ0v) is 14.1. The Morgan fingerprint density at radius 1 is 1.38 bits per heavy atom. The molecule has 0 atom stereocenters. The van der Waals surface area contributed by atoms with E-state index in [1.807, 2.05) is 9.95 Å². The van der Waals surface area contributed by atoms with Crippen molar-refractivity contribution in [2.45, 2.75) is 13.5 Å². The van der Waals surface area contributed by atoms with Gasteiger partial charge in [0.1, 0.15) is 10.7 Å². The van der Waals surface area contributed by atoms with E-state index in [-0.39, 0.29) is 5.56 Å². The number of carboxylic acid groups (broad SMARTS) is 1. The summed E-state index contributed by atoms with van der Waals surface area (Å²) in [6.45, 7) is 2.84. The van der Waals surface area contributed by atoms with Gasteiger partial charge >= 0.3 is 5.97 Å². The quantitative estimate of drug-likeness (QED) is 0.739. The van der Waals surface area contributed by atoms with Gasteiger partial charge in [0.25, 0.3) is 0 Å². The van der Waals surface area contributed by atoms with Crippen LogP contribution in [0.5, 0.6) is 0 Å². The molecule has 0 saturated heterocycles. The largest absolute Gasteiger partial charge is 0.478 e. The fraction of sp³-hybridized carbons (Fsp3) is 0.250. The first kappa shape index (κ1) is 16.3. The lowest BCUT2D eigenvalue weighted by Gasteiger charge is -2.09. The summed E-state index contributed by atoms with van der Waals surface area (Å²) in [6, 6.07) is 1.66. The first-order chi connectivity index (χ1) is 11.6. The van der Waals surface area contributed by atoms with Crippen molar-refractivity contribution in [3.05, 3.63) is 41.3 Å². The van der Waals surface area contributed by atoms with E-state index in [0.717, 1.165) is 10.7 Å². The third-order valence-corrected chi connectivity index (χ3v) is 4.53. The first-order valence-electron chi connectivity index (χ1n) is 7.26. The van der Waals surface area contributed by atoms with Gasteiger partial charge in [0, 0.05) is 37.1 Å². The van der Waals surface area contributed by atoms with Crippen LogP contribution >= 0.6 is 11.3 Å². The van der Waals surface area contributed by atoms with Crippen molar-refractivity contribution >= 4 is 17.3 Å². The molecule has 8 heteroatoms. The van der Waals surface area contributed by atoms with E-state index in [4.69, 9.17) is 4.74 Å². The zero-order chi connectivity index (χ0) is 17.1. The van der Waals surface area contributed by atoms with Crippen LogP contribution in [-0.2, 0) is 11.3 Å². The Morgan fingerprint density at radius 2 is 2.21 bits per heavy atom. The van der Waals surface area contributed by atoms with Gasteiger partial charge in [-0.15, -0.1) is 11.3 Å². The molecule has 0 radical (unpaired) electrons. The molecule has 3 aromatic rings. The van der Waals surface area contributed by atoms with Crippen LogP contribution in [0.15, 0.2) is 30.0 Å². The number of ether oxygens (including phenoxy) is 1. The smallest absolute Gasteiger partial charge is 0.337 e. The predicted molar refractivity (Wildman–Crippen MR) is 90.1 cm³/mol. The SMILES string of the molecule is COCCn1c(-c2csc(-c3cnccn3)n2)cc(C(=O)O)c1C. The molecule has 0 aliphatic carbocycles. The van der Waals surface area contributed by atoms with Crippen LogP contribution in [0.25, 0.3) is 22.1 Å². The van der Waals surface area contributed by atoms with Crippen LogP contribution in [0.1, 0.15) is 16.1 Å². The molecular formula is C16H16N4O3S. The van der Waals surface area contributed by atoms with Crippen LogP contribution in [0.4, 0.5) is 0 Å². The minimum Gasteiger partial charge on any atom is -0.478 e. The predicted octanol–water partition coefficient (Wildman–Crippen LogP) is 2.72. The van der Waals surface area contributed by atoms with Crippen molar-refractivity contribution in [2.24, 2.45) is 0 Å². The van der Waals surface area contributed by atoms with Crippen molar-refractivity contribution in [1.82, 2.24) is 19.5 Å². The van der Waals surface area contributed by atoms with E-state index in [9.17, 15) is 9.90 Å². The monoisotopic (exact) mass is 344 g/mol. The van der Waals surface area contributed by atoms with Crippen molar-refractivity contribution in [2.75, 3.05) is 13.7 Å². The van der Waals surface area contributed by atoms with E-state index < -0.39 is 5.97 Å². The second-order valence-electron chi connectivity index (χ2n) is 5.11. The highest BCUT2D eigenvalue weighted by Gasteiger charge is 2.19. The average Bonchev–Trinajstić information content (AvgIpc) is 3.19. The molecule has 0 aliphatic rings. The average molecular weight is 344 g/mol. The van der Waals surface area contributed by atoms with Gasteiger partial charge < -0.3 is 14.4 Å². The molecular weight excluding hydrogens is 328 g/mol. The molecule has 3 rings (SSSR count). The number of carbonyl (C=O) groups is 1. The standard InChI is InChI=1S/C16H16N4O3S/c1-10-11(16(21)22)7-14(20(10)5-6-23-2)13-9-24-15(19-13)12-8-17-3-4-18-12/h3-4,7-9H,5-6H2,1-2H3,(H,21,22). The number of rotatable bonds is 6. The second-order valence-corrected chi connectivity index (χ2v) is 5.96. The number of thiazole rings is 1. The van der Waals surface area contributed by atoms with E-state index in [1.54, 1.807) is 38.7 Å². The number of methoxy groups -OCH3 is 1. The first-order valence-corrected chi connectivity index (χ1v) is 8.14. The van der Waals surface area contributed by atoms with E-state index in [1.165, 1.54) is 11.3 Å². The van der Waals surface area contributed by atoms with Crippen LogP contribution in [-0.4, -0.2) is 44.3 Å². The van der Waals surface area contributed by atoms with Crippen LogP contribution in [0.3, 0.4) is 0 Å². The van der Waals surface area contributed by atoms with Gasteiger partial charge in [0.05, 0.1) is 29.8 Å². The summed E-state index contributed by atoms with van der Waals surface area (Å²) >= 11 is 1.45. The minimum absolute atomic E-state index is 0.273. The van der Waals surface area contributed by atoms with Gasteiger partial charge in [-0.2, -0.15) is 0 Å². The van der Waals surface area contributed by atoms with Crippen molar-refractivity contribution in [1.29, 1.82) is 0 Å². The molecule has 124 valence electrons. The summed E-state index contributed by atoms with van der Waals surface area (Å²) in [4.78, 5) is 24.3. The molecule has 24 heavy (non-hydrogen) atoms. The molecule has 3 heterocycles. The molecule has 0 amide bonds. The molecule has 0 bridgehead atoms. The van der Waals surface area contributed by atoms with Crippen molar-refractivity contribution < 1.29 is 14.6 Å². The fourth-order valence-corrected chi connectivity index (χ4v) is 3.24. The summed E-state index contributed by atoms with van der Waals surface area (Å²) in [5.41, 5.74) is 3.12. The maximum Gasteiger partial charge on any atom is 0.337 e. The summed E-state index contributed by atoms with van der Waals surface area (Å²) in [5.74, 6) is -0.950. The lowest BCUT2D eigenvalue weighted by molar-refractivity contribution is 0.0696. The Morgan fingerprint density at radius 3 is 2.88 bits per heavy atom. The molecule has 0 saturated carbocycles. The minimum atomic E-state index is -0.950. The van der Waals surface area contributed by atoms with Crippen LogP contribution in [0, 0.1) is 6.92 Å². The highest BCUT2D eigenvalue weighted by atomic mass is 32.1. The van der Waals surface area contributed by atoms with Crippen LogP contribution in [0.2, 0.25) is 0 Å². The third-order valence-electron chi connectivity index (χ3n) is 3.66. The maximum atomic E-state index is 11.4. The van der Waals surface area contributed by atoms with Crippen LogP contribution < -0.4 is 0 Å². The van der Waals surface area contributed by atoms with Gasteiger partial charge in [-0.3, -0.25) is 9.97 Å². The van der Waals surface area contributed by atoms with E-state index >= 15 is 0 Å². The Kier molecular flexibility index (Phi) is 4.68. The molecule has 1 N–H and O–H groups in total. The lowest BCUT2D eigenvalue weighted by atomic mass is 10.2. The van der Waals surface area contributed by atoms with Gasteiger partial charge in [-0.25, -0.2) is 9.78 Å². The number of nitrogens with zero attached hydrogens (tertiary/aromatic N) is 4. The number of carboxylic acids is 1. The molecule has 0 unspecified atom stereocenters. The summed E-state index contributed by atoms with van der Waals surface area (Å²) in [6.07, 6.45) is 4.88. The molecule has 0 aliphatic heterocycles. The third kappa shape index (κ3) is 3.06. The summed E-state index contributed by atoms with van der Waals surface area (Å²) < 4.78 is 7.05. The van der Waals surface area contributed by atoms with Crippen molar-refractivity contribution in [3.63, 3.8) is 0 Å². The van der Waals surface area contributed by atoms with Gasteiger partial charge in [0.15, 0.2) is 0 Å². The number of aromatic nitrogens is 4. The normalized spacial score (nSPS) is 10.9.